The molecule has 4 aromatic rings. The molecule has 3 aromatic carbocycles. The molecule has 0 saturated carbocycles. The van der Waals surface area contributed by atoms with Crippen LogP contribution in [0.15, 0.2) is 88.8 Å². The molecule has 0 amide bonds. The predicted molar refractivity (Wildman–Crippen MR) is 123 cm³/mol. The maximum Gasteiger partial charge on any atom is 0.232 e. The second kappa shape index (κ2) is 8.41. The van der Waals surface area contributed by atoms with E-state index in [0.717, 1.165) is 22.0 Å². The Morgan fingerprint density at radius 3 is 2.17 bits per heavy atom. The van der Waals surface area contributed by atoms with E-state index in [2.05, 4.69) is 38.1 Å². The second-order valence-electron chi connectivity index (χ2n) is 7.87. The van der Waals surface area contributed by atoms with Gasteiger partial charge in [0.25, 0.3) is 0 Å². The Morgan fingerprint density at radius 2 is 1.50 bits per heavy atom. The van der Waals surface area contributed by atoms with Gasteiger partial charge in [0.1, 0.15) is 15.8 Å². The number of hydrogen-bond donors (Lipinski definition) is 0. The molecular weight excluding hydrogens is 390 g/mol. The van der Waals surface area contributed by atoms with Gasteiger partial charge in [0.15, 0.2) is 0 Å². The highest BCUT2D eigenvalue weighted by molar-refractivity contribution is 7.85. The average molecular weight is 416 g/mol. The van der Waals surface area contributed by atoms with Gasteiger partial charge >= 0.3 is 0 Å². The second-order valence-corrected chi connectivity index (χ2v) is 9.30. The number of aryl methyl sites for hydroxylation is 2. The molecule has 3 nitrogen and oxygen atoms in total. The third kappa shape index (κ3) is 4.01. The number of aromatic nitrogens is 1. The number of hydrogen-bond acceptors (Lipinski definition) is 2. The molecule has 0 saturated heterocycles. The van der Waals surface area contributed by atoms with Crippen molar-refractivity contribution in [1.82, 2.24) is 4.57 Å². The highest BCUT2D eigenvalue weighted by Crippen LogP contribution is 2.28. The van der Waals surface area contributed by atoms with E-state index in [9.17, 15) is 9.00 Å². The van der Waals surface area contributed by atoms with Crippen LogP contribution < -0.4 is 0 Å². The van der Waals surface area contributed by atoms with Crippen LogP contribution in [-0.2, 0) is 10.8 Å². The molecule has 0 unspecified atom stereocenters. The third-order valence-electron chi connectivity index (χ3n) is 5.48. The van der Waals surface area contributed by atoms with Gasteiger partial charge in [-0.3, -0.25) is 9.36 Å². The average Bonchev–Trinajstić information content (AvgIpc) is 3.14. The van der Waals surface area contributed by atoms with Crippen LogP contribution in [0.1, 0.15) is 40.7 Å². The van der Waals surface area contributed by atoms with Gasteiger partial charge in [0.2, 0.25) is 5.91 Å². The summed E-state index contributed by atoms with van der Waals surface area (Å²) in [5, 5.41) is 1.45. The number of rotatable bonds is 5. The predicted octanol–water partition coefficient (Wildman–Crippen LogP) is 6.26. The maximum absolute atomic E-state index is 13.4. The topological polar surface area (TPSA) is 39.1 Å². The summed E-state index contributed by atoms with van der Waals surface area (Å²) in [5.41, 5.74) is 4.24. The van der Waals surface area contributed by atoms with Gasteiger partial charge in [0, 0.05) is 16.7 Å². The van der Waals surface area contributed by atoms with Crippen molar-refractivity contribution in [3.8, 4) is 0 Å². The lowest BCUT2D eigenvalue weighted by Crippen LogP contribution is -2.16. The Balaban J connectivity index is 1.72. The molecule has 30 heavy (non-hydrogen) atoms. The van der Waals surface area contributed by atoms with Gasteiger partial charge in [-0.05, 0) is 49.6 Å². The Hall–Kier alpha value is -2.98. The molecule has 0 aliphatic rings. The van der Waals surface area contributed by atoms with Crippen molar-refractivity contribution in [2.45, 2.75) is 43.0 Å². The molecule has 1 aromatic heterocycles. The SMILES string of the molecule is Cc1ccc([C@@H](C)CC(=O)n2c([S@@](=O)c3ccc(C)cc3)cc3ccccc32)cc1. The van der Waals surface area contributed by atoms with Gasteiger partial charge in [0.05, 0.1) is 5.52 Å². The lowest BCUT2D eigenvalue weighted by Gasteiger charge is -2.14. The maximum atomic E-state index is 13.4. The van der Waals surface area contributed by atoms with Crippen LogP contribution in [0.2, 0.25) is 0 Å². The van der Waals surface area contributed by atoms with Crippen molar-refractivity contribution >= 4 is 27.6 Å². The van der Waals surface area contributed by atoms with Crippen LogP contribution in [-0.4, -0.2) is 14.7 Å². The fraction of sp³-hybridized carbons (Fsp3) is 0.192. The Labute approximate surface area is 179 Å². The number of benzene rings is 3. The van der Waals surface area contributed by atoms with Crippen LogP contribution in [0.25, 0.3) is 10.9 Å². The standard InChI is InChI=1S/C26H25NO2S/c1-18-8-12-21(13-9-18)20(3)16-25(28)27-24-7-5-4-6-22(24)17-26(27)30(29)23-14-10-19(2)11-15-23/h4-15,17,20H,16H2,1-3H3/t20-,30-/m0/s1. The molecule has 0 aliphatic heterocycles. The third-order valence-corrected chi connectivity index (χ3v) is 6.86. The molecule has 2 atom stereocenters. The summed E-state index contributed by atoms with van der Waals surface area (Å²) < 4.78 is 15.0. The van der Waals surface area contributed by atoms with Crippen molar-refractivity contribution in [2.24, 2.45) is 0 Å². The van der Waals surface area contributed by atoms with E-state index < -0.39 is 10.8 Å². The lowest BCUT2D eigenvalue weighted by atomic mass is 9.96. The number of nitrogens with zero attached hydrogens (tertiary/aromatic N) is 1. The van der Waals surface area contributed by atoms with Crippen molar-refractivity contribution in [1.29, 1.82) is 0 Å². The van der Waals surface area contributed by atoms with E-state index in [1.54, 1.807) is 4.57 Å². The molecule has 0 aliphatic carbocycles. The zero-order valence-corrected chi connectivity index (χ0v) is 18.3. The first kappa shape index (κ1) is 20.3. The summed E-state index contributed by atoms with van der Waals surface area (Å²) >= 11 is 0. The molecule has 0 bridgehead atoms. The van der Waals surface area contributed by atoms with Crippen molar-refractivity contribution in [3.63, 3.8) is 0 Å². The van der Waals surface area contributed by atoms with Crippen LogP contribution in [0.5, 0.6) is 0 Å². The highest BCUT2D eigenvalue weighted by Gasteiger charge is 2.22. The zero-order valence-electron chi connectivity index (χ0n) is 17.5. The van der Waals surface area contributed by atoms with Crippen molar-refractivity contribution < 1.29 is 9.00 Å². The first-order valence-electron chi connectivity index (χ1n) is 10.1. The number of carbonyl (C=O) groups is 1. The smallest absolute Gasteiger partial charge is 0.232 e. The van der Waals surface area contributed by atoms with E-state index in [1.807, 2.05) is 61.5 Å². The molecule has 0 spiro atoms. The number of para-hydroxylation sites is 1. The minimum atomic E-state index is -1.44. The largest absolute Gasteiger partial charge is 0.274 e. The molecule has 0 fully saturated rings. The Morgan fingerprint density at radius 1 is 0.900 bits per heavy atom. The van der Waals surface area contributed by atoms with Gasteiger partial charge in [-0.15, -0.1) is 0 Å². The van der Waals surface area contributed by atoms with E-state index in [4.69, 9.17) is 0 Å². The number of carbonyl (C=O) groups excluding carboxylic acids is 1. The first-order chi connectivity index (χ1) is 14.4. The van der Waals surface area contributed by atoms with E-state index in [1.165, 1.54) is 5.56 Å². The van der Waals surface area contributed by atoms with Crippen LogP contribution in [0, 0.1) is 13.8 Å². The van der Waals surface area contributed by atoms with E-state index in [-0.39, 0.29) is 11.8 Å². The Bertz CT molecular complexity index is 1220. The zero-order chi connectivity index (χ0) is 21.3. The minimum Gasteiger partial charge on any atom is -0.274 e. The summed E-state index contributed by atoms with van der Waals surface area (Å²) in [6, 6.07) is 25.5. The summed E-state index contributed by atoms with van der Waals surface area (Å²) in [6.07, 6.45) is 0.347. The normalized spacial score (nSPS) is 13.3. The molecule has 4 heteroatoms. The van der Waals surface area contributed by atoms with Crippen molar-refractivity contribution in [2.75, 3.05) is 0 Å². The first-order valence-corrected chi connectivity index (χ1v) is 11.3. The number of fused-ring (bicyclic) bond motifs is 1. The molecule has 0 radical (unpaired) electrons. The summed E-state index contributed by atoms with van der Waals surface area (Å²) in [6.45, 7) is 6.11. The fourth-order valence-electron chi connectivity index (χ4n) is 3.67. The summed E-state index contributed by atoms with van der Waals surface area (Å²) in [7, 11) is -1.44. The van der Waals surface area contributed by atoms with Crippen LogP contribution >= 0.6 is 0 Å². The lowest BCUT2D eigenvalue weighted by molar-refractivity contribution is 0.0891. The van der Waals surface area contributed by atoms with Crippen LogP contribution in [0.3, 0.4) is 0 Å². The van der Waals surface area contributed by atoms with Gasteiger partial charge in [-0.1, -0.05) is 72.6 Å². The molecule has 4 rings (SSSR count). The fourth-order valence-corrected chi connectivity index (χ4v) is 4.90. The van der Waals surface area contributed by atoms with Crippen LogP contribution in [0.4, 0.5) is 0 Å². The van der Waals surface area contributed by atoms with E-state index in [0.29, 0.717) is 16.3 Å². The van der Waals surface area contributed by atoms with E-state index >= 15 is 0 Å². The molecule has 0 N–H and O–H groups in total. The minimum absolute atomic E-state index is 0.0419. The molecular formula is C26H25NO2S. The van der Waals surface area contributed by atoms with Crippen molar-refractivity contribution in [3.05, 3.63) is 95.6 Å². The van der Waals surface area contributed by atoms with Gasteiger partial charge in [-0.25, -0.2) is 4.21 Å². The summed E-state index contributed by atoms with van der Waals surface area (Å²) in [5.74, 6) is 0.0275. The van der Waals surface area contributed by atoms with Gasteiger partial charge < -0.3 is 0 Å². The quantitative estimate of drug-likeness (QED) is 0.386. The Kier molecular flexibility index (Phi) is 5.69. The highest BCUT2D eigenvalue weighted by atomic mass is 32.2. The monoisotopic (exact) mass is 415 g/mol. The molecule has 1 heterocycles. The van der Waals surface area contributed by atoms with Gasteiger partial charge in [-0.2, -0.15) is 0 Å². The summed E-state index contributed by atoms with van der Waals surface area (Å²) in [4.78, 5) is 14.1. The molecule has 152 valence electrons.